The third-order valence-corrected chi connectivity index (χ3v) is 5.62. The molecule has 22 heavy (non-hydrogen) atoms. The van der Waals surface area contributed by atoms with Gasteiger partial charge in [-0.3, -0.25) is 14.8 Å². The Morgan fingerprint density at radius 1 is 1.05 bits per heavy atom. The van der Waals surface area contributed by atoms with Crippen molar-refractivity contribution in [2.45, 2.75) is 20.0 Å². The molecule has 2 aliphatic rings. The van der Waals surface area contributed by atoms with E-state index >= 15 is 0 Å². The topological polar surface area (TPSA) is 32.3 Å². The van der Waals surface area contributed by atoms with Crippen molar-refractivity contribution in [3.63, 3.8) is 0 Å². The molecule has 0 spiro atoms. The highest BCUT2D eigenvalue weighted by Crippen LogP contribution is 2.32. The number of rotatable bonds is 4. The second-order valence-corrected chi connectivity index (χ2v) is 7.65. The Bertz CT molecular complexity index is 613. The molecule has 0 saturated carbocycles. The summed E-state index contributed by atoms with van der Waals surface area (Å²) >= 11 is 1.76. The summed E-state index contributed by atoms with van der Waals surface area (Å²) in [7, 11) is 0. The van der Waals surface area contributed by atoms with Crippen molar-refractivity contribution < 1.29 is 0 Å². The van der Waals surface area contributed by atoms with Crippen molar-refractivity contribution in [3.05, 3.63) is 46.2 Å². The number of hydrogen-bond donors (Lipinski definition) is 0. The van der Waals surface area contributed by atoms with Crippen LogP contribution < -0.4 is 0 Å². The highest BCUT2D eigenvalue weighted by molar-refractivity contribution is 7.09. The second kappa shape index (κ2) is 6.07. The van der Waals surface area contributed by atoms with Gasteiger partial charge in [0.2, 0.25) is 0 Å². The summed E-state index contributed by atoms with van der Waals surface area (Å²) in [6.07, 6.45) is 1.89. The second-order valence-electron chi connectivity index (χ2n) is 6.59. The zero-order chi connectivity index (χ0) is 14.9. The first-order chi connectivity index (χ1) is 10.8. The van der Waals surface area contributed by atoms with E-state index in [1.807, 2.05) is 12.3 Å². The molecule has 4 rings (SSSR count). The molecule has 0 aromatic carbocycles. The molecular weight excluding hydrogens is 292 g/mol. The van der Waals surface area contributed by atoms with Gasteiger partial charge in [0.15, 0.2) is 0 Å². The molecule has 0 aliphatic carbocycles. The lowest BCUT2D eigenvalue weighted by molar-refractivity contribution is 0.243. The Labute approximate surface area is 135 Å². The Morgan fingerprint density at radius 2 is 1.73 bits per heavy atom. The average molecular weight is 314 g/mol. The normalized spacial score (nSPS) is 25.7. The molecule has 0 bridgehead atoms. The van der Waals surface area contributed by atoms with Crippen LogP contribution in [-0.2, 0) is 13.1 Å². The van der Waals surface area contributed by atoms with Crippen LogP contribution in [0.5, 0.6) is 0 Å². The van der Waals surface area contributed by atoms with Crippen LogP contribution in [0.25, 0.3) is 0 Å². The van der Waals surface area contributed by atoms with Crippen molar-refractivity contribution in [3.8, 4) is 0 Å². The third-order valence-electron chi connectivity index (χ3n) is 4.80. The van der Waals surface area contributed by atoms with E-state index in [-0.39, 0.29) is 0 Å². The summed E-state index contributed by atoms with van der Waals surface area (Å²) in [6.45, 7) is 8.99. The smallest absolute Gasteiger partial charge is 0.0897 e. The largest absolute Gasteiger partial charge is 0.297 e. The molecule has 2 unspecified atom stereocenters. The summed E-state index contributed by atoms with van der Waals surface area (Å²) in [5.41, 5.74) is 2.44. The summed E-state index contributed by atoms with van der Waals surface area (Å²) in [6, 6.07) is 6.20. The van der Waals surface area contributed by atoms with Gasteiger partial charge >= 0.3 is 0 Å². The highest BCUT2D eigenvalue weighted by Gasteiger charge is 2.39. The number of aromatic nitrogens is 2. The minimum Gasteiger partial charge on any atom is -0.297 e. The fraction of sp³-hybridized carbons (Fsp3) is 0.529. The number of likely N-dealkylation sites (tertiary alicyclic amines) is 2. The van der Waals surface area contributed by atoms with Gasteiger partial charge in [-0.05, 0) is 30.9 Å². The van der Waals surface area contributed by atoms with Crippen LogP contribution in [0.2, 0.25) is 0 Å². The summed E-state index contributed by atoms with van der Waals surface area (Å²) in [4.78, 5) is 14.2. The van der Waals surface area contributed by atoms with Crippen molar-refractivity contribution in [1.82, 2.24) is 19.8 Å². The van der Waals surface area contributed by atoms with Gasteiger partial charge < -0.3 is 0 Å². The van der Waals surface area contributed by atoms with Crippen molar-refractivity contribution in [2.75, 3.05) is 26.2 Å². The first kappa shape index (κ1) is 14.3. The monoisotopic (exact) mass is 314 g/mol. The fourth-order valence-electron chi connectivity index (χ4n) is 3.88. The molecule has 0 amide bonds. The molecule has 2 saturated heterocycles. The van der Waals surface area contributed by atoms with E-state index < -0.39 is 0 Å². The molecule has 2 fully saturated rings. The number of thiazole rings is 1. The lowest BCUT2D eigenvalue weighted by Gasteiger charge is -2.20. The Hall–Kier alpha value is -1.30. The Balaban J connectivity index is 1.31. The number of hydrogen-bond acceptors (Lipinski definition) is 5. The minimum atomic E-state index is 0.823. The van der Waals surface area contributed by atoms with Crippen molar-refractivity contribution in [1.29, 1.82) is 0 Å². The molecule has 4 heterocycles. The Kier molecular flexibility index (Phi) is 3.94. The van der Waals surface area contributed by atoms with E-state index in [2.05, 4.69) is 44.2 Å². The van der Waals surface area contributed by atoms with Gasteiger partial charge in [0.1, 0.15) is 0 Å². The van der Waals surface area contributed by atoms with Gasteiger partial charge in [0.25, 0.3) is 0 Å². The van der Waals surface area contributed by atoms with Crippen LogP contribution in [0.4, 0.5) is 0 Å². The molecule has 2 aliphatic heterocycles. The molecule has 5 heteroatoms. The maximum absolute atomic E-state index is 4.60. The first-order valence-corrected chi connectivity index (χ1v) is 8.90. The molecule has 4 nitrogen and oxygen atoms in total. The molecular formula is C17H22N4S. The van der Waals surface area contributed by atoms with Gasteiger partial charge in [-0.1, -0.05) is 6.07 Å². The molecule has 0 N–H and O–H groups in total. The maximum atomic E-state index is 4.60. The number of pyridine rings is 1. The van der Waals surface area contributed by atoms with Crippen molar-refractivity contribution in [2.24, 2.45) is 11.8 Å². The van der Waals surface area contributed by atoms with E-state index in [1.165, 1.54) is 42.6 Å². The Morgan fingerprint density at radius 3 is 2.27 bits per heavy atom. The standard InChI is InChI=1S/C17H22N4S/c1-13-19-17(12-22-13)11-21-8-14-6-20(7-15(14)9-21)10-16-4-2-3-5-18-16/h2-5,12,14-15H,6-11H2,1H3. The van der Waals surface area contributed by atoms with Gasteiger partial charge in [-0.25, -0.2) is 4.98 Å². The maximum Gasteiger partial charge on any atom is 0.0897 e. The summed E-state index contributed by atoms with van der Waals surface area (Å²) in [5.74, 6) is 1.65. The van der Waals surface area contributed by atoms with Gasteiger partial charge in [-0.15, -0.1) is 11.3 Å². The SMILES string of the molecule is Cc1nc(CN2CC3CN(Cc4ccccn4)CC3C2)cs1. The van der Waals surface area contributed by atoms with Gasteiger partial charge in [0, 0.05) is 50.8 Å². The van der Waals surface area contributed by atoms with Crippen LogP contribution in [0.3, 0.4) is 0 Å². The molecule has 116 valence electrons. The number of aryl methyl sites for hydroxylation is 1. The molecule has 2 atom stereocenters. The highest BCUT2D eigenvalue weighted by atomic mass is 32.1. The fourth-order valence-corrected chi connectivity index (χ4v) is 4.48. The predicted molar refractivity (Wildman–Crippen MR) is 88.6 cm³/mol. The first-order valence-electron chi connectivity index (χ1n) is 8.02. The van der Waals surface area contributed by atoms with Crippen LogP contribution in [0.1, 0.15) is 16.4 Å². The summed E-state index contributed by atoms with van der Waals surface area (Å²) in [5, 5.41) is 3.38. The minimum absolute atomic E-state index is 0.823. The zero-order valence-corrected chi connectivity index (χ0v) is 13.8. The van der Waals surface area contributed by atoms with Gasteiger partial charge in [0.05, 0.1) is 16.4 Å². The number of fused-ring (bicyclic) bond motifs is 1. The van der Waals surface area contributed by atoms with Gasteiger partial charge in [-0.2, -0.15) is 0 Å². The molecule has 2 aromatic rings. The van der Waals surface area contributed by atoms with Crippen LogP contribution in [-0.4, -0.2) is 45.9 Å². The zero-order valence-electron chi connectivity index (χ0n) is 13.0. The van der Waals surface area contributed by atoms with Crippen molar-refractivity contribution >= 4 is 11.3 Å². The van der Waals surface area contributed by atoms with E-state index in [4.69, 9.17) is 0 Å². The molecule has 2 aromatic heterocycles. The van der Waals surface area contributed by atoms with E-state index in [0.717, 1.165) is 24.9 Å². The predicted octanol–water partition coefficient (Wildman–Crippen LogP) is 2.41. The van der Waals surface area contributed by atoms with E-state index in [1.54, 1.807) is 11.3 Å². The van der Waals surface area contributed by atoms with Crippen LogP contribution in [0, 0.1) is 18.8 Å². The lowest BCUT2D eigenvalue weighted by Crippen LogP contribution is -2.28. The summed E-state index contributed by atoms with van der Waals surface area (Å²) < 4.78 is 0. The van der Waals surface area contributed by atoms with E-state index in [9.17, 15) is 0 Å². The number of nitrogens with zero attached hydrogens (tertiary/aromatic N) is 4. The lowest BCUT2D eigenvalue weighted by atomic mass is 10.0. The quantitative estimate of drug-likeness (QED) is 0.867. The molecule has 0 radical (unpaired) electrons. The van der Waals surface area contributed by atoms with Crippen LogP contribution >= 0.6 is 11.3 Å². The van der Waals surface area contributed by atoms with Crippen LogP contribution in [0.15, 0.2) is 29.8 Å². The third kappa shape index (κ3) is 3.07. The van der Waals surface area contributed by atoms with E-state index in [0.29, 0.717) is 0 Å². The average Bonchev–Trinajstić information content (AvgIpc) is 3.16.